The van der Waals surface area contributed by atoms with E-state index in [9.17, 15) is 13.2 Å². The summed E-state index contributed by atoms with van der Waals surface area (Å²) in [6, 6.07) is 12.9. The summed E-state index contributed by atoms with van der Waals surface area (Å²) in [4.78, 5) is 14.4. The van der Waals surface area contributed by atoms with E-state index < -0.39 is 10.1 Å². The minimum Gasteiger partial charge on any atom is -0.379 e. The number of amides is 1. The van der Waals surface area contributed by atoms with Crippen LogP contribution in [0.5, 0.6) is 5.75 Å². The van der Waals surface area contributed by atoms with Crippen LogP contribution in [0.4, 0.5) is 0 Å². The van der Waals surface area contributed by atoms with Crippen molar-refractivity contribution in [3.63, 3.8) is 0 Å². The van der Waals surface area contributed by atoms with Gasteiger partial charge >= 0.3 is 10.1 Å². The monoisotopic (exact) mass is 419 g/mol. The van der Waals surface area contributed by atoms with Crippen molar-refractivity contribution in [1.82, 2.24) is 4.90 Å². The Morgan fingerprint density at radius 2 is 1.74 bits per heavy atom. The van der Waals surface area contributed by atoms with Crippen LogP contribution in [-0.2, 0) is 14.9 Å². The zero-order chi connectivity index (χ0) is 19.6. The van der Waals surface area contributed by atoms with E-state index in [4.69, 9.17) is 16.4 Å². The molecule has 1 aliphatic rings. The average Bonchev–Trinajstić information content (AvgIpc) is 2.89. The molecule has 2 aromatic rings. The average molecular weight is 420 g/mol. The van der Waals surface area contributed by atoms with Gasteiger partial charge in [0.1, 0.15) is 15.0 Å². The molecule has 8 heteroatoms. The number of hydrogen-bond donors (Lipinski definition) is 0. The molecular formula is C19H17NO4S3. The quantitative estimate of drug-likeness (QED) is 0.415. The van der Waals surface area contributed by atoms with Gasteiger partial charge in [0.15, 0.2) is 0 Å². The van der Waals surface area contributed by atoms with E-state index in [2.05, 4.69) is 0 Å². The Morgan fingerprint density at radius 3 is 2.30 bits per heavy atom. The second-order valence-corrected chi connectivity index (χ2v) is 9.07. The highest BCUT2D eigenvalue weighted by molar-refractivity contribution is 8.26. The summed E-state index contributed by atoms with van der Waals surface area (Å²) in [5.41, 5.74) is 1.72. The Bertz CT molecular complexity index is 1010. The summed E-state index contributed by atoms with van der Waals surface area (Å²) in [6.07, 6.45) is 1.73. The molecule has 0 saturated carbocycles. The van der Waals surface area contributed by atoms with Crippen LogP contribution in [0, 0.1) is 6.92 Å². The van der Waals surface area contributed by atoms with Gasteiger partial charge in [-0.2, -0.15) is 8.42 Å². The maximum absolute atomic E-state index is 12.3. The predicted octanol–water partition coefficient (Wildman–Crippen LogP) is 3.98. The fraction of sp³-hybridized carbons (Fsp3) is 0.158. The Hall–Kier alpha value is -2.16. The van der Waals surface area contributed by atoms with Crippen molar-refractivity contribution in [2.45, 2.75) is 18.7 Å². The summed E-state index contributed by atoms with van der Waals surface area (Å²) in [5.74, 6) is 0.0867. The van der Waals surface area contributed by atoms with Crippen molar-refractivity contribution in [1.29, 1.82) is 0 Å². The molecule has 1 amide bonds. The highest BCUT2D eigenvalue weighted by atomic mass is 32.2. The second kappa shape index (κ2) is 7.84. The summed E-state index contributed by atoms with van der Waals surface area (Å²) in [6.45, 7) is 4.28. The number of benzene rings is 2. The van der Waals surface area contributed by atoms with Crippen LogP contribution in [0.1, 0.15) is 18.1 Å². The third kappa shape index (κ3) is 4.40. The molecule has 1 aliphatic heterocycles. The topological polar surface area (TPSA) is 63.7 Å². The molecule has 0 unspecified atom stereocenters. The highest BCUT2D eigenvalue weighted by Crippen LogP contribution is 2.32. The van der Waals surface area contributed by atoms with Crippen LogP contribution in [0.15, 0.2) is 58.3 Å². The molecular weight excluding hydrogens is 402 g/mol. The third-order valence-electron chi connectivity index (χ3n) is 3.88. The van der Waals surface area contributed by atoms with Crippen molar-refractivity contribution in [3.8, 4) is 5.75 Å². The first-order chi connectivity index (χ1) is 12.8. The first kappa shape index (κ1) is 19.6. The normalized spacial score (nSPS) is 16.2. The number of rotatable bonds is 5. The number of carbonyl (C=O) groups excluding carboxylic acids is 1. The van der Waals surface area contributed by atoms with Crippen molar-refractivity contribution >= 4 is 50.4 Å². The van der Waals surface area contributed by atoms with Crippen molar-refractivity contribution < 1.29 is 17.4 Å². The molecule has 0 spiro atoms. The predicted molar refractivity (Wildman–Crippen MR) is 111 cm³/mol. The molecule has 0 aliphatic carbocycles. The summed E-state index contributed by atoms with van der Waals surface area (Å²) < 4.78 is 30.4. The third-order valence-corrected chi connectivity index (χ3v) is 6.52. The van der Waals surface area contributed by atoms with Crippen molar-refractivity contribution in [2.24, 2.45) is 0 Å². The summed E-state index contributed by atoms with van der Waals surface area (Å²) in [7, 11) is -3.89. The summed E-state index contributed by atoms with van der Waals surface area (Å²) >= 11 is 6.44. The molecule has 0 aromatic heterocycles. The van der Waals surface area contributed by atoms with Crippen molar-refractivity contribution in [2.75, 3.05) is 6.54 Å². The van der Waals surface area contributed by atoms with Crippen LogP contribution in [0.2, 0.25) is 0 Å². The number of thioether (sulfide) groups is 1. The highest BCUT2D eigenvalue weighted by Gasteiger charge is 2.30. The first-order valence-electron chi connectivity index (χ1n) is 8.17. The van der Waals surface area contributed by atoms with Crippen LogP contribution in [0.25, 0.3) is 6.08 Å². The molecule has 1 heterocycles. The van der Waals surface area contributed by atoms with Crippen LogP contribution < -0.4 is 4.18 Å². The molecule has 2 aromatic carbocycles. The van der Waals surface area contributed by atoms with Crippen LogP contribution in [-0.4, -0.2) is 30.1 Å². The van der Waals surface area contributed by atoms with Gasteiger partial charge in [-0.25, -0.2) is 0 Å². The van der Waals surface area contributed by atoms with E-state index in [1.54, 1.807) is 42.5 Å². The number of thiocarbonyl (C=S) groups is 1. The summed E-state index contributed by atoms with van der Waals surface area (Å²) in [5, 5.41) is 0. The van der Waals surface area contributed by atoms with Gasteiger partial charge in [0.25, 0.3) is 5.91 Å². The maximum atomic E-state index is 12.3. The van der Waals surface area contributed by atoms with E-state index in [-0.39, 0.29) is 16.6 Å². The minimum atomic E-state index is -3.89. The van der Waals surface area contributed by atoms with Gasteiger partial charge < -0.3 is 4.18 Å². The number of carbonyl (C=O) groups is 1. The van der Waals surface area contributed by atoms with E-state index in [1.807, 2.05) is 13.8 Å². The molecule has 27 heavy (non-hydrogen) atoms. The molecule has 0 N–H and O–H groups in total. The molecule has 140 valence electrons. The molecule has 1 fully saturated rings. The first-order valence-corrected chi connectivity index (χ1v) is 10.8. The molecule has 0 atom stereocenters. The lowest BCUT2D eigenvalue weighted by atomic mass is 10.2. The van der Waals surface area contributed by atoms with Gasteiger partial charge in [0.05, 0.1) is 4.91 Å². The maximum Gasteiger partial charge on any atom is 0.339 e. The zero-order valence-corrected chi connectivity index (χ0v) is 17.2. The zero-order valence-electron chi connectivity index (χ0n) is 14.7. The Morgan fingerprint density at radius 1 is 1.11 bits per heavy atom. The Kier molecular flexibility index (Phi) is 5.69. The van der Waals surface area contributed by atoms with Crippen LogP contribution in [0.3, 0.4) is 0 Å². The lowest BCUT2D eigenvalue weighted by Crippen LogP contribution is -2.27. The van der Waals surface area contributed by atoms with Gasteiger partial charge in [-0.1, -0.05) is 53.8 Å². The minimum absolute atomic E-state index is 0.0976. The lowest BCUT2D eigenvalue weighted by Gasteiger charge is -2.09. The van der Waals surface area contributed by atoms with Crippen LogP contribution >= 0.6 is 24.0 Å². The molecule has 5 nitrogen and oxygen atoms in total. The largest absolute Gasteiger partial charge is 0.379 e. The molecule has 0 radical (unpaired) electrons. The number of hydrogen-bond acceptors (Lipinski definition) is 6. The Labute approximate surface area is 168 Å². The van der Waals surface area contributed by atoms with Gasteiger partial charge in [0.2, 0.25) is 0 Å². The SMILES string of the molecule is CCN1C(=O)C(=Cc2ccc(OS(=O)(=O)c3ccc(C)cc3)cc2)SC1=S. The number of nitrogens with zero attached hydrogens (tertiary/aromatic N) is 1. The Balaban J connectivity index is 1.76. The fourth-order valence-electron chi connectivity index (χ4n) is 2.42. The molecule has 0 bridgehead atoms. The van der Waals surface area contributed by atoms with Gasteiger partial charge in [-0.05, 0) is 49.8 Å². The standard InChI is InChI=1S/C19H17NO4S3/c1-3-20-18(21)17(26-19(20)25)12-14-6-8-15(9-7-14)24-27(22,23)16-10-4-13(2)5-11-16/h4-12H,3H2,1-2H3. The smallest absolute Gasteiger partial charge is 0.339 e. The van der Waals surface area contributed by atoms with Crippen molar-refractivity contribution in [3.05, 3.63) is 64.6 Å². The fourth-order valence-corrected chi connectivity index (χ4v) is 4.74. The van der Waals surface area contributed by atoms with Gasteiger partial charge in [-0.3, -0.25) is 9.69 Å². The number of aryl methyl sites for hydroxylation is 1. The van der Waals surface area contributed by atoms with E-state index in [0.29, 0.717) is 15.8 Å². The second-order valence-electron chi connectivity index (χ2n) is 5.85. The van der Waals surface area contributed by atoms with Gasteiger partial charge in [-0.15, -0.1) is 0 Å². The van der Waals surface area contributed by atoms with E-state index >= 15 is 0 Å². The number of likely N-dealkylation sites (N-methyl/N-ethyl adjacent to an activating group) is 1. The molecule has 1 saturated heterocycles. The van der Waals surface area contributed by atoms with Gasteiger partial charge in [0, 0.05) is 6.54 Å². The van der Waals surface area contributed by atoms with E-state index in [0.717, 1.165) is 11.1 Å². The lowest BCUT2D eigenvalue weighted by molar-refractivity contribution is -0.121. The molecule has 3 rings (SSSR count). The van der Waals surface area contributed by atoms with E-state index in [1.165, 1.54) is 28.8 Å².